The van der Waals surface area contributed by atoms with Crippen molar-refractivity contribution in [2.24, 2.45) is 5.92 Å². The first-order valence-corrected chi connectivity index (χ1v) is 6.48. The third-order valence-electron chi connectivity index (χ3n) is 3.25. The molecule has 0 bridgehead atoms. The number of nitrogens with zero attached hydrogens (tertiary/aromatic N) is 2. The van der Waals surface area contributed by atoms with Gasteiger partial charge in [0.25, 0.3) is 0 Å². The first kappa shape index (κ1) is 13.5. The molecule has 1 fully saturated rings. The molecule has 1 aliphatic rings. The van der Waals surface area contributed by atoms with Crippen molar-refractivity contribution in [2.45, 2.75) is 33.4 Å². The summed E-state index contributed by atoms with van der Waals surface area (Å²) in [5, 5.41) is 2.64. The average molecular weight is 261 g/mol. The van der Waals surface area contributed by atoms with E-state index in [4.69, 9.17) is 0 Å². The molecule has 0 radical (unpaired) electrons. The second kappa shape index (κ2) is 5.38. The van der Waals surface area contributed by atoms with Crippen molar-refractivity contribution in [3.63, 3.8) is 0 Å². The third kappa shape index (κ3) is 2.92. The molecule has 102 valence electrons. The van der Waals surface area contributed by atoms with E-state index in [0.717, 1.165) is 11.4 Å². The predicted molar refractivity (Wildman–Crippen MR) is 71.2 cm³/mol. The molecule has 2 heterocycles. The summed E-state index contributed by atoms with van der Waals surface area (Å²) in [6.45, 7) is 6.26. The quantitative estimate of drug-likeness (QED) is 0.878. The lowest BCUT2D eigenvalue weighted by Crippen LogP contribution is -2.59. The van der Waals surface area contributed by atoms with Crippen molar-refractivity contribution in [3.8, 4) is 0 Å². The second-order valence-corrected chi connectivity index (χ2v) is 5.20. The molecule has 5 nitrogen and oxygen atoms in total. The van der Waals surface area contributed by atoms with Crippen LogP contribution >= 0.6 is 0 Å². The summed E-state index contributed by atoms with van der Waals surface area (Å²) in [6, 6.07) is 5.29. The molecule has 1 N–H and O–H groups in total. The number of pyridine rings is 1. The zero-order chi connectivity index (χ0) is 14.0. The molecule has 1 aromatic rings. The Balaban J connectivity index is 2.23. The predicted octanol–water partition coefficient (Wildman–Crippen LogP) is 0.873. The summed E-state index contributed by atoms with van der Waals surface area (Å²) in [6.07, 6.45) is 0. The number of hydrogen-bond acceptors (Lipinski definition) is 3. The summed E-state index contributed by atoms with van der Waals surface area (Å²) >= 11 is 0. The molecule has 1 aliphatic heterocycles. The first-order valence-electron chi connectivity index (χ1n) is 6.48. The number of amides is 2. The molecule has 2 rings (SSSR count). The van der Waals surface area contributed by atoms with Gasteiger partial charge in [-0.05, 0) is 25.0 Å². The zero-order valence-corrected chi connectivity index (χ0v) is 11.5. The fourth-order valence-electron chi connectivity index (χ4n) is 2.38. The fourth-order valence-corrected chi connectivity index (χ4v) is 2.38. The minimum absolute atomic E-state index is 0.0541. The van der Waals surface area contributed by atoms with E-state index in [0.29, 0.717) is 6.54 Å². The Morgan fingerprint density at radius 3 is 2.79 bits per heavy atom. The number of aromatic nitrogens is 1. The molecular weight excluding hydrogens is 242 g/mol. The van der Waals surface area contributed by atoms with E-state index in [2.05, 4.69) is 10.3 Å². The van der Waals surface area contributed by atoms with Gasteiger partial charge in [0, 0.05) is 5.69 Å². The average Bonchev–Trinajstić information content (AvgIpc) is 2.33. The highest BCUT2D eigenvalue weighted by Crippen LogP contribution is 2.17. The molecule has 1 saturated heterocycles. The zero-order valence-electron chi connectivity index (χ0n) is 11.5. The van der Waals surface area contributed by atoms with Gasteiger partial charge in [0.2, 0.25) is 11.8 Å². The Hall–Kier alpha value is -1.91. The molecule has 2 amide bonds. The Labute approximate surface area is 113 Å². The summed E-state index contributed by atoms with van der Waals surface area (Å²) in [5.41, 5.74) is 1.72. The van der Waals surface area contributed by atoms with Gasteiger partial charge in [0.05, 0.1) is 18.8 Å². The Kier molecular flexibility index (Phi) is 3.83. The Bertz CT molecular complexity index is 499. The minimum Gasteiger partial charge on any atom is -0.345 e. The number of aryl methyl sites for hydroxylation is 1. The van der Waals surface area contributed by atoms with Gasteiger partial charge in [-0.2, -0.15) is 0 Å². The third-order valence-corrected chi connectivity index (χ3v) is 3.25. The monoisotopic (exact) mass is 261 g/mol. The molecule has 1 aromatic heterocycles. The van der Waals surface area contributed by atoms with E-state index >= 15 is 0 Å². The SMILES string of the molecule is Cc1cccc(CN2C(=O)CNC(=O)C2C(C)C)n1. The maximum absolute atomic E-state index is 12.0. The molecule has 0 saturated carbocycles. The lowest BCUT2D eigenvalue weighted by atomic mass is 9.99. The topological polar surface area (TPSA) is 62.3 Å². The van der Waals surface area contributed by atoms with Crippen LogP contribution in [0.4, 0.5) is 0 Å². The maximum Gasteiger partial charge on any atom is 0.243 e. The molecule has 0 aromatic carbocycles. The van der Waals surface area contributed by atoms with Gasteiger partial charge in [-0.15, -0.1) is 0 Å². The number of carbonyl (C=O) groups is 2. The number of rotatable bonds is 3. The summed E-state index contributed by atoms with van der Waals surface area (Å²) < 4.78 is 0. The summed E-state index contributed by atoms with van der Waals surface area (Å²) in [4.78, 5) is 30.0. The van der Waals surface area contributed by atoms with Crippen LogP contribution in [0.25, 0.3) is 0 Å². The molecule has 1 atom stereocenters. The van der Waals surface area contributed by atoms with Gasteiger partial charge >= 0.3 is 0 Å². The van der Waals surface area contributed by atoms with Gasteiger partial charge in [-0.3, -0.25) is 14.6 Å². The summed E-state index contributed by atoms with van der Waals surface area (Å²) in [7, 11) is 0. The minimum atomic E-state index is -0.413. The van der Waals surface area contributed by atoms with Crippen molar-refractivity contribution in [1.29, 1.82) is 0 Å². The normalized spacial score (nSPS) is 19.8. The molecule has 0 spiro atoms. The summed E-state index contributed by atoms with van der Waals surface area (Å²) in [5.74, 6) is -0.0575. The largest absolute Gasteiger partial charge is 0.345 e. The van der Waals surface area contributed by atoms with Crippen LogP contribution in [0.3, 0.4) is 0 Å². The molecular formula is C14H19N3O2. The molecule has 19 heavy (non-hydrogen) atoms. The van der Waals surface area contributed by atoms with Crippen molar-refractivity contribution < 1.29 is 9.59 Å². The van der Waals surface area contributed by atoms with Crippen molar-refractivity contribution in [2.75, 3.05) is 6.54 Å². The van der Waals surface area contributed by atoms with Crippen LogP contribution in [0.2, 0.25) is 0 Å². The van der Waals surface area contributed by atoms with E-state index in [9.17, 15) is 9.59 Å². The molecule has 0 aliphatic carbocycles. The number of hydrogen-bond donors (Lipinski definition) is 1. The van der Waals surface area contributed by atoms with Gasteiger partial charge in [-0.25, -0.2) is 0 Å². The standard InChI is InChI=1S/C14H19N3O2/c1-9(2)13-14(19)15-7-12(18)17(13)8-11-6-4-5-10(3)16-11/h4-6,9,13H,7-8H2,1-3H3,(H,15,19). The van der Waals surface area contributed by atoms with Crippen LogP contribution < -0.4 is 5.32 Å². The molecule has 1 unspecified atom stereocenters. The van der Waals surface area contributed by atoms with Crippen LogP contribution in [0.15, 0.2) is 18.2 Å². The highest BCUT2D eigenvalue weighted by Gasteiger charge is 2.36. The van der Waals surface area contributed by atoms with Crippen molar-refractivity contribution in [1.82, 2.24) is 15.2 Å². The van der Waals surface area contributed by atoms with Crippen LogP contribution in [0.5, 0.6) is 0 Å². The van der Waals surface area contributed by atoms with E-state index in [-0.39, 0.29) is 24.3 Å². The highest BCUT2D eigenvalue weighted by molar-refractivity contribution is 5.94. The van der Waals surface area contributed by atoms with Gasteiger partial charge in [0.15, 0.2) is 0 Å². The Morgan fingerprint density at radius 1 is 1.42 bits per heavy atom. The van der Waals surface area contributed by atoms with Crippen molar-refractivity contribution in [3.05, 3.63) is 29.6 Å². The van der Waals surface area contributed by atoms with E-state index in [1.165, 1.54) is 0 Å². The lowest BCUT2D eigenvalue weighted by molar-refractivity contribution is -0.148. The molecule has 5 heteroatoms. The number of nitrogens with one attached hydrogen (secondary N) is 1. The maximum atomic E-state index is 12.0. The second-order valence-electron chi connectivity index (χ2n) is 5.20. The van der Waals surface area contributed by atoms with Gasteiger partial charge < -0.3 is 10.2 Å². The smallest absolute Gasteiger partial charge is 0.243 e. The number of carbonyl (C=O) groups excluding carboxylic acids is 2. The van der Waals surface area contributed by atoms with Crippen LogP contribution in [-0.2, 0) is 16.1 Å². The fraction of sp³-hybridized carbons (Fsp3) is 0.500. The Morgan fingerprint density at radius 2 is 2.16 bits per heavy atom. The number of piperazine rings is 1. The first-order chi connectivity index (χ1) is 8.99. The van der Waals surface area contributed by atoms with Gasteiger partial charge in [-0.1, -0.05) is 19.9 Å². The van der Waals surface area contributed by atoms with E-state index in [1.54, 1.807) is 4.90 Å². The van der Waals surface area contributed by atoms with E-state index in [1.807, 2.05) is 39.0 Å². The lowest BCUT2D eigenvalue weighted by Gasteiger charge is -2.37. The van der Waals surface area contributed by atoms with Crippen LogP contribution in [-0.4, -0.2) is 34.3 Å². The van der Waals surface area contributed by atoms with E-state index < -0.39 is 6.04 Å². The van der Waals surface area contributed by atoms with Gasteiger partial charge in [0.1, 0.15) is 6.04 Å². The van der Waals surface area contributed by atoms with Crippen molar-refractivity contribution >= 4 is 11.8 Å². The van der Waals surface area contributed by atoms with Crippen LogP contribution in [0, 0.1) is 12.8 Å². The highest BCUT2D eigenvalue weighted by atomic mass is 16.2. The van der Waals surface area contributed by atoms with Crippen LogP contribution in [0.1, 0.15) is 25.2 Å².